The third-order valence-corrected chi connectivity index (χ3v) is 3.31. The van der Waals surface area contributed by atoms with Gasteiger partial charge in [0.2, 0.25) is 0 Å². The number of hydrogen-bond donors (Lipinski definition) is 0. The van der Waals surface area contributed by atoms with Crippen molar-refractivity contribution in [3.05, 3.63) is 34.6 Å². The summed E-state index contributed by atoms with van der Waals surface area (Å²) >= 11 is 6.14. The van der Waals surface area contributed by atoms with Crippen molar-refractivity contribution in [2.45, 2.75) is 51.8 Å². The van der Waals surface area contributed by atoms with E-state index < -0.39 is 0 Å². The number of halogens is 2. The second-order valence-corrected chi connectivity index (χ2v) is 5.08. The number of aryl methyl sites for hydroxylation is 2. The first-order valence-electron chi connectivity index (χ1n) is 5.94. The lowest BCUT2D eigenvalue weighted by Crippen LogP contribution is -2.03. The molecule has 1 unspecified atom stereocenters. The van der Waals surface area contributed by atoms with Crippen molar-refractivity contribution in [3.63, 3.8) is 0 Å². The average molecular weight is 243 g/mol. The molecule has 16 heavy (non-hydrogen) atoms. The lowest BCUT2D eigenvalue weighted by molar-refractivity contribution is 0.592. The maximum atomic E-state index is 13.7. The van der Waals surface area contributed by atoms with Crippen molar-refractivity contribution in [3.8, 4) is 0 Å². The lowest BCUT2D eigenvalue weighted by atomic mass is 9.99. The number of rotatable bonds is 5. The predicted octanol–water partition coefficient (Wildman–Crippen LogP) is 4.78. The van der Waals surface area contributed by atoms with Crippen LogP contribution in [-0.4, -0.2) is 5.38 Å². The molecule has 1 rings (SSSR count). The Balaban J connectivity index is 2.67. The fourth-order valence-electron chi connectivity index (χ4n) is 2.02. The molecular formula is C14H20ClF. The van der Waals surface area contributed by atoms with Crippen LogP contribution in [0.3, 0.4) is 0 Å². The van der Waals surface area contributed by atoms with E-state index in [1.54, 1.807) is 6.07 Å². The van der Waals surface area contributed by atoms with E-state index in [1.165, 1.54) is 0 Å². The van der Waals surface area contributed by atoms with E-state index in [0.29, 0.717) is 0 Å². The quantitative estimate of drug-likeness (QED) is 0.652. The topological polar surface area (TPSA) is 0 Å². The molecule has 0 heterocycles. The van der Waals surface area contributed by atoms with Crippen LogP contribution in [0.25, 0.3) is 0 Å². The second-order valence-electron chi connectivity index (χ2n) is 4.47. The Hall–Kier alpha value is -0.560. The molecular weight excluding hydrogens is 223 g/mol. The van der Waals surface area contributed by atoms with Crippen LogP contribution in [-0.2, 0) is 6.42 Å². The molecule has 1 aromatic carbocycles. The van der Waals surface area contributed by atoms with Crippen LogP contribution in [0.15, 0.2) is 12.1 Å². The second kappa shape index (κ2) is 6.24. The first-order valence-corrected chi connectivity index (χ1v) is 6.38. The summed E-state index contributed by atoms with van der Waals surface area (Å²) in [5.41, 5.74) is 2.85. The summed E-state index contributed by atoms with van der Waals surface area (Å²) in [4.78, 5) is 0. The van der Waals surface area contributed by atoms with Crippen molar-refractivity contribution < 1.29 is 4.39 Å². The Kier molecular flexibility index (Phi) is 5.27. The Bertz CT molecular complexity index is 324. The van der Waals surface area contributed by atoms with E-state index >= 15 is 0 Å². The molecule has 0 N–H and O–H groups in total. The van der Waals surface area contributed by atoms with Gasteiger partial charge < -0.3 is 0 Å². The molecule has 0 aliphatic heterocycles. The fourth-order valence-corrected chi connectivity index (χ4v) is 2.35. The van der Waals surface area contributed by atoms with Gasteiger partial charge in [0, 0.05) is 5.38 Å². The van der Waals surface area contributed by atoms with Crippen molar-refractivity contribution in [2.24, 2.45) is 0 Å². The SMILES string of the molecule is CCCC(Cl)CCc1c(C)cc(C)cc1F. The van der Waals surface area contributed by atoms with Crippen molar-refractivity contribution >= 4 is 11.6 Å². The molecule has 1 atom stereocenters. The highest BCUT2D eigenvalue weighted by molar-refractivity contribution is 6.20. The fraction of sp³-hybridized carbons (Fsp3) is 0.571. The van der Waals surface area contributed by atoms with Crippen molar-refractivity contribution in [1.82, 2.24) is 0 Å². The summed E-state index contributed by atoms with van der Waals surface area (Å²) in [7, 11) is 0. The van der Waals surface area contributed by atoms with Gasteiger partial charge in [-0.25, -0.2) is 4.39 Å². The van der Waals surface area contributed by atoms with Crippen molar-refractivity contribution in [2.75, 3.05) is 0 Å². The summed E-state index contributed by atoms with van der Waals surface area (Å²) in [6.07, 6.45) is 3.69. The Morgan fingerprint density at radius 2 is 1.94 bits per heavy atom. The molecule has 0 amide bonds. The van der Waals surface area contributed by atoms with Crippen LogP contribution in [0.1, 0.15) is 42.9 Å². The van der Waals surface area contributed by atoms with Crippen LogP contribution in [0.4, 0.5) is 4.39 Å². The van der Waals surface area contributed by atoms with Gasteiger partial charge in [-0.3, -0.25) is 0 Å². The first-order chi connectivity index (χ1) is 7.54. The van der Waals surface area contributed by atoms with Gasteiger partial charge in [0.15, 0.2) is 0 Å². The molecule has 0 nitrogen and oxygen atoms in total. The van der Waals surface area contributed by atoms with Gasteiger partial charge in [-0.15, -0.1) is 11.6 Å². The zero-order valence-electron chi connectivity index (χ0n) is 10.3. The zero-order valence-corrected chi connectivity index (χ0v) is 11.1. The highest BCUT2D eigenvalue weighted by atomic mass is 35.5. The highest BCUT2D eigenvalue weighted by Crippen LogP contribution is 2.20. The molecule has 90 valence electrons. The smallest absolute Gasteiger partial charge is 0.126 e. The van der Waals surface area contributed by atoms with Crippen LogP contribution in [0, 0.1) is 19.7 Å². The molecule has 0 bridgehead atoms. The third kappa shape index (κ3) is 3.79. The Morgan fingerprint density at radius 3 is 2.50 bits per heavy atom. The molecule has 0 aromatic heterocycles. The molecule has 0 radical (unpaired) electrons. The maximum absolute atomic E-state index is 13.7. The molecule has 0 fully saturated rings. The minimum absolute atomic E-state index is 0.0853. The van der Waals surface area contributed by atoms with Crippen LogP contribution < -0.4 is 0 Å². The summed E-state index contributed by atoms with van der Waals surface area (Å²) in [6, 6.07) is 3.63. The number of alkyl halides is 1. The highest BCUT2D eigenvalue weighted by Gasteiger charge is 2.09. The maximum Gasteiger partial charge on any atom is 0.126 e. The van der Waals surface area contributed by atoms with E-state index in [2.05, 4.69) is 6.92 Å². The number of benzene rings is 1. The molecule has 0 aliphatic carbocycles. The minimum atomic E-state index is -0.0853. The van der Waals surface area contributed by atoms with Gasteiger partial charge in [0.05, 0.1) is 0 Å². The van der Waals surface area contributed by atoms with Gasteiger partial charge in [-0.05, 0) is 55.9 Å². The summed E-state index contributed by atoms with van der Waals surface area (Å²) in [6.45, 7) is 6.00. The van der Waals surface area contributed by atoms with Crippen LogP contribution >= 0.6 is 11.6 Å². The van der Waals surface area contributed by atoms with E-state index in [1.807, 2.05) is 19.9 Å². The molecule has 0 saturated carbocycles. The Labute approximate surface area is 103 Å². The summed E-state index contributed by atoms with van der Waals surface area (Å²) < 4.78 is 13.7. The molecule has 0 saturated heterocycles. The van der Waals surface area contributed by atoms with Gasteiger partial charge in [-0.2, -0.15) is 0 Å². The molecule has 2 heteroatoms. The summed E-state index contributed by atoms with van der Waals surface area (Å²) in [5.74, 6) is -0.0853. The lowest BCUT2D eigenvalue weighted by Gasteiger charge is -2.11. The van der Waals surface area contributed by atoms with Gasteiger partial charge >= 0.3 is 0 Å². The van der Waals surface area contributed by atoms with Gasteiger partial charge in [0.25, 0.3) is 0 Å². The largest absolute Gasteiger partial charge is 0.207 e. The molecule has 0 aliphatic rings. The van der Waals surface area contributed by atoms with E-state index in [4.69, 9.17) is 11.6 Å². The first kappa shape index (κ1) is 13.5. The molecule has 0 spiro atoms. The zero-order chi connectivity index (χ0) is 12.1. The standard InChI is InChI=1S/C14H20ClF/c1-4-5-12(15)6-7-13-11(3)8-10(2)9-14(13)16/h8-9,12H,4-7H2,1-3H3. The molecule has 1 aromatic rings. The Morgan fingerprint density at radius 1 is 1.25 bits per heavy atom. The monoisotopic (exact) mass is 242 g/mol. The summed E-state index contributed by atoms with van der Waals surface area (Å²) in [5, 5.41) is 0.171. The van der Waals surface area contributed by atoms with E-state index in [-0.39, 0.29) is 11.2 Å². The minimum Gasteiger partial charge on any atom is -0.207 e. The average Bonchev–Trinajstić information content (AvgIpc) is 2.16. The van der Waals surface area contributed by atoms with Crippen LogP contribution in [0.5, 0.6) is 0 Å². The van der Waals surface area contributed by atoms with Gasteiger partial charge in [0.1, 0.15) is 5.82 Å². The normalized spacial score (nSPS) is 12.8. The van der Waals surface area contributed by atoms with Gasteiger partial charge in [-0.1, -0.05) is 19.4 Å². The van der Waals surface area contributed by atoms with Crippen molar-refractivity contribution in [1.29, 1.82) is 0 Å². The van der Waals surface area contributed by atoms with E-state index in [0.717, 1.165) is 42.4 Å². The van der Waals surface area contributed by atoms with E-state index in [9.17, 15) is 4.39 Å². The van der Waals surface area contributed by atoms with Crippen LogP contribution in [0.2, 0.25) is 0 Å². The predicted molar refractivity (Wildman–Crippen MR) is 68.7 cm³/mol. The number of hydrogen-bond acceptors (Lipinski definition) is 0. The third-order valence-electron chi connectivity index (χ3n) is 2.87.